The molecule has 0 unspecified atom stereocenters. The second kappa shape index (κ2) is 5.98. The molecule has 2 aromatic rings. The van der Waals surface area contributed by atoms with Crippen molar-refractivity contribution in [2.24, 2.45) is 5.84 Å². The van der Waals surface area contributed by atoms with Gasteiger partial charge in [0.15, 0.2) is 5.76 Å². The first-order valence-electron chi connectivity index (χ1n) is 5.99. The van der Waals surface area contributed by atoms with Gasteiger partial charge in [-0.2, -0.15) is 0 Å². The molecule has 0 saturated heterocycles. The van der Waals surface area contributed by atoms with Crippen LogP contribution < -0.4 is 16.0 Å². The normalized spacial score (nSPS) is 10.4. The Hall–Kier alpha value is -1.98. The third-order valence-corrected chi connectivity index (χ3v) is 3.11. The van der Waals surface area contributed by atoms with E-state index in [0.29, 0.717) is 16.3 Å². The van der Waals surface area contributed by atoms with Gasteiger partial charge in [0.05, 0.1) is 11.8 Å². The van der Waals surface area contributed by atoms with Crippen LogP contribution in [0.2, 0.25) is 5.02 Å². The number of carbonyl (C=O) groups is 1. The van der Waals surface area contributed by atoms with Gasteiger partial charge in [-0.25, -0.2) is 5.84 Å². The molecule has 0 saturated carbocycles. The number of amides is 1. The molecule has 5 nitrogen and oxygen atoms in total. The summed E-state index contributed by atoms with van der Waals surface area (Å²) in [6, 6.07) is 5.18. The van der Waals surface area contributed by atoms with E-state index < -0.39 is 5.91 Å². The number of rotatable bonds is 4. The fraction of sp³-hybridized carbons (Fsp3) is 0.214. The van der Waals surface area contributed by atoms with E-state index in [1.807, 2.05) is 26.0 Å². The number of furan rings is 1. The Kier molecular flexibility index (Phi) is 4.32. The maximum atomic E-state index is 11.5. The van der Waals surface area contributed by atoms with Crippen molar-refractivity contribution < 1.29 is 13.9 Å². The van der Waals surface area contributed by atoms with Crippen LogP contribution >= 0.6 is 11.6 Å². The lowest BCUT2D eigenvalue weighted by Gasteiger charge is -2.12. The third kappa shape index (κ3) is 2.95. The molecule has 0 aliphatic carbocycles. The van der Waals surface area contributed by atoms with Gasteiger partial charge in [0.25, 0.3) is 5.91 Å². The molecule has 0 atom stereocenters. The SMILES string of the molecule is Cc1cc(Cl)cc(C)c1OCc1occc1C(=O)NN. The van der Waals surface area contributed by atoms with E-state index in [1.54, 1.807) is 6.07 Å². The molecule has 0 bridgehead atoms. The summed E-state index contributed by atoms with van der Waals surface area (Å²) in [5.74, 6) is 5.84. The van der Waals surface area contributed by atoms with Crippen molar-refractivity contribution in [3.63, 3.8) is 0 Å². The Morgan fingerprint density at radius 2 is 2.05 bits per heavy atom. The molecule has 1 heterocycles. The van der Waals surface area contributed by atoms with Crippen molar-refractivity contribution in [3.8, 4) is 5.75 Å². The molecule has 20 heavy (non-hydrogen) atoms. The summed E-state index contributed by atoms with van der Waals surface area (Å²) in [7, 11) is 0. The Morgan fingerprint density at radius 1 is 1.40 bits per heavy atom. The smallest absolute Gasteiger partial charge is 0.268 e. The van der Waals surface area contributed by atoms with E-state index >= 15 is 0 Å². The summed E-state index contributed by atoms with van der Waals surface area (Å²) in [6.45, 7) is 3.95. The van der Waals surface area contributed by atoms with Crippen molar-refractivity contribution in [2.75, 3.05) is 0 Å². The summed E-state index contributed by atoms with van der Waals surface area (Å²) in [5.41, 5.74) is 4.27. The average Bonchev–Trinajstić information content (AvgIpc) is 2.85. The molecule has 106 valence electrons. The minimum Gasteiger partial charge on any atom is -0.485 e. The molecule has 0 spiro atoms. The van der Waals surface area contributed by atoms with Crippen molar-refractivity contribution in [3.05, 3.63) is 51.9 Å². The number of benzene rings is 1. The zero-order chi connectivity index (χ0) is 14.7. The molecule has 0 radical (unpaired) electrons. The second-order valence-electron chi connectivity index (χ2n) is 4.39. The highest BCUT2D eigenvalue weighted by Gasteiger charge is 2.15. The van der Waals surface area contributed by atoms with Crippen molar-refractivity contribution >= 4 is 17.5 Å². The van der Waals surface area contributed by atoms with Gasteiger partial charge >= 0.3 is 0 Å². The van der Waals surface area contributed by atoms with E-state index in [4.69, 9.17) is 26.6 Å². The maximum absolute atomic E-state index is 11.5. The van der Waals surface area contributed by atoms with Crippen LogP contribution in [0, 0.1) is 13.8 Å². The first-order chi connectivity index (χ1) is 9.52. The summed E-state index contributed by atoms with van der Waals surface area (Å²) >= 11 is 5.97. The number of hydrogen-bond acceptors (Lipinski definition) is 4. The summed E-state index contributed by atoms with van der Waals surface area (Å²) in [4.78, 5) is 11.5. The van der Waals surface area contributed by atoms with Crippen LogP contribution in [-0.2, 0) is 6.61 Å². The number of aryl methyl sites for hydroxylation is 2. The van der Waals surface area contributed by atoms with Gasteiger partial charge in [-0.1, -0.05) is 11.6 Å². The van der Waals surface area contributed by atoms with Gasteiger partial charge in [0.1, 0.15) is 12.4 Å². The zero-order valence-electron chi connectivity index (χ0n) is 11.2. The molecular formula is C14H15ClN2O3. The van der Waals surface area contributed by atoms with Crippen molar-refractivity contribution in [1.82, 2.24) is 5.43 Å². The Morgan fingerprint density at radius 3 is 2.65 bits per heavy atom. The van der Waals surface area contributed by atoms with Gasteiger partial charge in [-0.15, -0.1) is 0 Å². The van der Waals surface area contributed by atoms with Crippen molar-refractivity contribution in [1.29, 1.82) is 0 Å². The lowest BCUT2D eigenvalue weighted by Crippen LogP contribution is -2.30. The predicted molar refractivity (Wildman–Crippen MR) is 75.6 cm³/mol. The number of ether oxygens (including phenoxy) is 1. The molecule has 2 rings (SSSR count). The Balaban J connectivity index is 2.18. The van der Waals surface area contributed by atoms with Crippen LogP contribution in [0.4, 0.5) is 0 Å². The van der Waals surface area contributed by atoms with Crippen LogP contribution in [0.25, 0.3) is 0 Å². The van der Waals surface area contributed by atoms with Gasteiger partial charge < -0.3 is 9.15 Å². The molecule has 1 aromatic heterocycles. The number of nitrogens with one attached hydrogen (secondary N) is 1. The van der Waals surface area contributed by atoms with E-state index in [1.165, 1.54) is 6.26 Å². The zero-order valence-corrected chi connectivity index (χ0v) is 12.0. The van der Waals surface area contributed by atoms with Crippen LogP contribution in [0.3, 0.4) is 0 Å². The first-order valence-corrected chi connectivity index (χ1v) is 6.37. The summed E-state index contributed by atoms with van der Waals surface area (Å²) in [6.07, 6.45) is 1.42. The molecule has 0 aliphatic rings. The van der Waals surface area contributed by atoms with E-state index in [2.05, 4.69) is 5.43 Å². The van der Waals surface area contributed by atoms with Crippen LogP contribution in [-0.4, -0.2) is 5.91 Å². The van der Waals surface area contributed by atoms with Crippen LogP contribution in [0.5, 0.6) is 5.75 Å². The van der Waals surface area contributed by atoms with Crippen molar-refractivity contribution in [2.45, 2.75) is 20.5 Å². The predicted octanol–water partition coefficient (Wildman–Crippen LogP) is 2.73. The minimum atomic E-state index is -0.415. The minimum absolute atomic E-state index is 0.138. The van der Waals surface area contributed by atoms with E-state index in [0.717, 1.165) is 16.9 Å². The van der Waals surface area contributed by atoms with E-state index in [-0.39, 0.29) is 6.61 Å². The molecule has 3 N–H and O–H groups in total. The first kappa shape index (κ1) is 14.4. The fourth-order valence-corrected chi connectivity index (χ4v) is 2.32. The third-order valence-electron chi connectivity index (χ3n) is 2.89. The molecule has 0 aliphatic heterocycles. The standard InChI is InChI=1S/C14H15ClN2O3/c1-8-5-10(15)6-9(2)13(8)20-7-12-11(3-4-19-12)14(18)17-16/h3-6H,7,16H2,1-2H3,(H,17,18). The molecule has 0 fully saturated rings. The molecule has 6 heteroatoms. The van der Waals surface area contributed by atoms with Gasteiger partial charge in [0.2, 0.25) is 0 Å². The number of hydrogen-bond donors (Lipinski definition) is 2. The lowest BCUT2D eigenvalue weighted by atomic mass is 10.1. The van der Waals surface area contributed by atoms with Crippen LogP contribution in [0.1, 0.15) is 27.2 Å². The maximum Gasteiger partial charge on any atom is 0.268 e. The molecular weight excluding hydrogens is 280 g/mol. The van der Waals surface area contributed by atoms with Crippen LogP contribution in [0.15, 0.2) is 28.9 Å². The quantitative estimate of drug-likeness (QED) is 0.516. The topological polar surface area (TPSA) is 77.5 Å². The lowest BCUT2D eigenvalue weighted by molar-refractivity contribution is 0.0949. The summed E-state index contributed by atoms with van der Waals surface area (Å²) < 4.78 is 11.0. The van der Waals surface area contributed by atoms with E-state index in [9.17, 15) is 4.79 Å². The second-order valence-corrected chi connectivity index (χ2v) is 4.82. The molecule has 1 aromatic carbocycles. The average molecular weight is 295 g/mol. The number of hydrazine groups is 1. The molecule has 1 amide bonds. The number of nitrogens with two attached hydrogens (primary N) is 1. The Bertz CT molecular complexity index is 614. The number of carbonyl (C=O) groups excluding carboxylic acids is 1. The highest BCUT2D eigenvalue weighted by Crippen LogP contribution is 2.28. The summed E-state index contributed by atoms with van der Waals surface area (Å²) in [5, 5.41) is 0.661. The monoisotopic (exact) mass is 294 g/mol. The largest absolute Gasteiger partial charge is 0.485 e. The number of halogens is 1. The van der Waals surface area contributed by atoms with Gasteiger partial charge in [0, 0.05) is 5.02 Å². The van der Waals surface area contributed by atoms with Gasteiger partial charge in [-0.3, -0.25) is 10.2 Å². The fourth-order valence-electron chi connectivity index (χ4n) is 2.00. The highest BCUT2D eigenvalue weighted by molar-refractivity contribution is 6.30. The Labute approximate surface area is 121 Å². The highest BCUT2D eigenvalue weighted by atomic mass is 35.5. The number of nitrogen functional groups attached to an aromatic ring is 1. The van der Waals surface area contributed by atoms with Gasteiger partial charge in [-0.05, 0) is 43.2 Å².